The molecule has 0 heterocycles. The molecular weight excluding hydrogens is 255 g/mol. The van der Waals surface area contributed by atoms with Gasteiger partial charge in [0.25, 0.3) is 0 Å². The standard InChI is InChI=1S/C6H3F2.BrH.Zn/c7-5-3-1-2-4-6(5)8;;/h1-3H;1H;/q-1;;+2/p-1. The van der Waals surface area contributed by atoms with E-state index >= 15 is 0 Å². The molecule has 1 aromatic rings. The molecule has 4 heteroatoms. The fraction of sp³-hybridized carbons (Fsp3) is 0. The summed E-state index contributed by atoms with van der Waals surface area (Å²) >= 11 is 0. The zero-order chi connectivity index (χ0) is 5.98. The molecule has 0 nitrogen and oxygen atoms in total. The summed E-state index contributed by atoms with van der Waals surface area (Å²) in [4.78, 5) is 0. The van der Waals surface area contributed by atoms with Gasteiger partial charge >= 0.3 is 19.5 Å². The first-order valence-electron chi connectivity index (χ1n) is 2.12. The van der Waals surface area contributed by atoms with Crippen LogP contribution in [0.2, 0.25) is 0 Å². The average molecular weight is 258 g/mol. The number of hydrogen-bond donors (Lipinski definition) is 0. The van der Waals surface area contributed by atoms with Gasteiger partial charge in [-0.05, 0) is 0 Å². The van der Waals surface area contributed by atoms with Crippen molar-refractivity contribution in [3.8, 4) is 0 Å². The summed E-state index contributed by atoms with van der Waals surface area (Å²) in [6.07, 6.45) is 0. The Balaban J connectivity index is 0. The van der Waals surface area contributed by atoms with Gasteiger partial charge in [0.1, 0.15) is 0 Å². The predicted octanol–water partition coefficient (Wildman–Crippen LogP) is -1.23. The molecule has 0 N–H and O–H groups in total. The zero-order valence-electron chi connectivity index (χ0n) is 5.07. The Labute approximate surface area is 81.2 Å². The van der Waals surface area contributed by atoms with Gasteiger partial charge in [-0.1, -0.05) is 0 Å². The molecule has 0 radical (unpaired) electrons. The molecule has 0 unspecified atom stereocenters. The first kappa shape index (κ1) is 12.8. The van der Waals surface area contributed by atoms with E-state index in [0.29, 0.717) is 0 Å². The van der Waals surface area contributed by atoms with Crippen LogP contribution in [-0.2, 0) is 19.5 Å². The summed E-state index contributed by atoms with van der Waals surface area (Å²) in [5.74, 6) is -1.78. The van der Waals surface area contributed by atoms with E-state index < -0.39 is 11.6 Å². The van der Waals surface area contributed by atoms with E-state index in [9.17, 15) is 8.78 Å². The topological polar surface area (TPSA) is 0 Å². The normalized spacial score (nSPS) is 7.40. The summed E-state index contributed by atoms with van der Waals surface area (Å²) in [5.41, 5.74) is 0. The van der Waals surface area contributed by atoms with Crippen LogP contribution in [0.4, 0.5) is 8.78 Å². The van der Waals surface area contributed by atoms with Crippen molar-refractivity contribution >= 4 is 0 Å². The van der Waals surface area contributed by atoms with Gasteiger partial charge in [0.15, 0.2) is 0 Å². The fourth-order valence-electron chi connectivity index (χ4n) is 0.396. The minimum absolute atomic E-state index is 0. The minimum atomic E-state index is -0.924. The maximum absolute atomic E-state index is 11.9. The largest absolute Gasteiger partial charge is 2.00 e. The minimum Gasteiger partial charge on any atom is -1.00 e. The molecule has 0 aliphatic carbocycles. The van der Waals surface area contributed by atoms with Crippen molar-refractivity contribution in [1.82, 2.24) is 0 Å². The number of benzene rings is 1. The molecule has 1 aromatic carbocycles. The van der Waals surface area contributed by atoms with Gasteiger partial charge in [0, 0.05) is 11.6 Å². The second kappa shape index (κ2) is 5.93. The van der Waals surface area contributed by atoms with E-state index in [4.69, 9.17) is 0 Å². The summed E-state index contributed by atoms with van der Waals surface area (Å²) in [7, 11) is 0. The zero-order valence-corrected chi connectivity index (χ0v) is 9.63. The second-order valence-corrected chi connectivity index (χ2v) is 1.33. The predicted molar refractivity (Wildman–Crippen MR) is 25.2 cm³/mol. The first-order chi connectivity index (χ1) is 3.80. The summed E-state index contributed by atoms with van der Waals surface area (Å²) in [6.45, 7) is 0. The third kappa shape index (κ3) is 3.38. The Bertz CT molecular complexity index is 172. The molecule has 0 saturated carbocycles. The number of rotatable bonds is 0. The third-order valence-electron chi connectivity index (χ3n) is 0.759. The van der Waals surface area contributed by atoms with Gasteiger partial charge in [0.2, 0.25) is 0 Å². The Morgan fingerprint density at radius 3 is 2.20 bits per heavy atom. The van der Waals surface area contributed by atoms with E-state index in [-0.39, 0.29) is 36.5 Å². The van der Waals surface area contributed by atoms with Crippen molar-refractivity contribution < 1.29 is 45.2 Å². The maximum Gasteiger partial charge on any atom is 2.00 e. The van der Waals surface area contributed by atoms with Gasteiger partial charge in [-0.25, -0.2) is 4.39 Å². The van der Waals surface area contributed by atoms with Crippen LogP contribution in [0.3, 0.4) is 0 Å². The Hall–Kier alpha value is 0.183. The van der Waals surface area contributed by atoms with Crippen LogP contribution in [-0.4, -0.2) is 0 Å². The number of halogens is 3. The molecule has 0 aromatic heterocycles. The first-order valence-corrected chi connectivity index (χ1v) is 2.12. The van der Waals surface area contributed by atoms with Gasteiger partial charge < -0.3 is 17.0 Å². The van der Waals surface area contributed by atoms with E-state index in [1.165, 1.54) is 12.1 Å². The van der Waals surface area contributed by atoms with Gasteiger partial charge in [-0.3, -0.25) is 4.39 Å². The van der Waals surface area contributed by atoms with Crippen LogP contribution < -0.4 is 17.0 Å². The van der Waals surface area contributed by atoms with Crippen LogP contribution in [0.5, 0.6) is 0 Å². The van der Waals surface area contributed by atoms with Gasteiger partial charge in [-0.15, -0.1) is 12.1 Å². The molecule has 0 bridgehead atoms. The summed E-state index contributed by atoms with van der Waals surface area (Å²) in [6, 6.07) is 5.81. The molecule has 0 aliphatic heterocycles. The van der Waals surface area contributed by atoms with E-state index in [2.05, 4.69) is 6.07 Å². The van der Waals surface area contributed by atoms with Crippen LogP contribution >= 0.6 is 0 Å². The molecule has 0 aliphatic rings. The van der Waals surface area contributed by atoms with Crippen LogP contribution in [0.25, 0.3) is 0 Å². The summed E-state index contributed by atoms with van der Waals surface area (Å²) < 4.78 is 23.8. The molecule has 0 spiro atoms. The SMILES string of the molecule is Fc1[c-]cccc1F.[Br-].[Zn+2]. The van der Waals surface area contributed by atoms with Crippen molar-refractivity contribution in [3.05, 3.63) is 35.9 Å². The molecule has 0 atom stereocenters. The van der Waals surface area contributed by atoms with Crippen LogP contribution in [0, 0.1) is 17.7 Å². The molecule has 0 amide bonds. The molecule has 10 heavy (non-hydrogen) atoms. The monoisotopic (exact) mass is 256 g/mol. The Morgan fingerprint density at radius 1 is 1.30 bits per heavy atom. The van der Waals surface area contributed by atoms with Crippen molar-refractivity contribution in [3.63, 3.8) is 0 Å². The Kier molecular flexibility index (Phi) is 7.61. The molecule has 0 fully saturated rings. The smallest absolute Gasteiger partial charge is 1.00 e. The Morgan fingerprint density at radius 2 is 1.90 bits per heavy atom. The van der Waals surface area contributed by atoms with Crippen molar-refractivity contribution in [2.45, 2.75) is 0 Å². The fourth-order valence-corrected chi connectivity index (χ4v) is 0.396. The van der Waals surface area contributed by atoms with Crippen molar-refractivity contribution in [2.75, 3.05) is 0 Å². The third-order valence-corrected chi connectivity index (χ3v) is 0.759. The molecule has 1 rings (SSSR count). The quantitative estimate of drug-likeness (QED) is 0.404. The van der Waals surface area contributed by atoms with Crippen LogP contribution in [0.1, 0.15) is 0 Å². The van der Waals surface area contributed by atoms with Crippen molar-refractivity contribution in [2.24, 2.45) is 0 Å². The second-order valence-electron chi connectivity index (χ2n) is 1.33. The average Bonchev–Trinajstić information content (AvgIpc) is 1.77. The molecule has 0 saturated heterocycles. The molecule has 50 valence electrons. The van der Waals surface area contributed by atoms with Crippen LogP contribution in [0.15, 0.2) is 18.2 Å². The maximum atomic E-state index is 11.9. The van der Waals surface area contributed by atoms with E-state index in [0.717, 1.165) is 6.07 Å². The summed E-state index contributed by atoms with van der Waals surface area (Å²) in [5, 5.41) is 0. The van der Waals surface area contributed by atoms with E-state index in [1.807, 2.05) is 0 Å². The molecular formula is C6H3BrF2Zn. The van der Waals surface area contributed by atoms with Gasteiger partial charge in [-0.2, -0.15) is 12.1 Å². The van der Waals surface area contributed by atoms with Crippen molar-refractivity contribution in [1.29, 1.82) is 0 Å². The number of hydrogen-bond acceptors (Lipinski definition) is 0. The van der Waals surface area contributed by atoms with Gasteiger partial charge in [0.05, 0.1) is 0 Å². The van der Waals surface area contributed by atoms with E-state index in [1.54, 1.807) is 0 Å².